The minimum Gasteiger partial charge on any atom is -0.459 e. The number of aliphatic hydroxyl groups is 8. The van der Waals surface area contributed by atoms with Gasteiger partial charge >= 0.3 is 11.9 Å². The number of carbonyl (C=O) groups excluding carboxylic acids is 2. The summed E-state index contributed by atoms with van der Waals surface area (Å²) in [5.74, 6) is -0.580. The minimum absolute atomic E-state index is 0.00421. The zero-order valence-electron chi connectivity index (χ0n) is 40.5. The van der Waals surface area contributed by atoms with Gasteiger partial charge in [-0.05, 0) is 107 Å². The van der Waals surface area contributed by atoms with E-state index >= 15 is 0 Å². The summed E-state index contributed by atoms with van der Waals surface area (Å²) >= 11 is 0. The van der Waals surface area contributed by atoms with E-state index in [1.807, 2.05) is 6.92 Å². The Bertz CT molecular complexity index is 1850. The molecule has 9 rings (SSSR count). The molecule has 0 radical (unpaired) electrons. The lowest BCUT2D eigenvalue weighted by Crippen LogP contribution is -2.67. The smallest absolute Gasteiger partial charge is 0.331 e. The lowest BCUT2D eigenvalue weighted by Gasteiger charge is -2.65. The highest BCUT2D eigenvalue weighted by atomic mass is 16.8. The molecule has 20 nitrogen and oxygen atoms in total. The van der Waals surface area contributed by atoms with Crippen LogP contribution < -0.4 is 0 Å². The van der Waals surface area contributed by atoms with Crippen molar-refractivity contribution >= 4 is 11.9 Å². The molecule has 4 saturated heterocycles. The quantitative estimate of drug-likeness (QED) is 0.104. The van der Waals surface area contributed by atoms with Crippen LogP contribution in [0.5, 0.6) is 0 Å². The van der Waals surface area contributed by atoms with Gasteiger partial charge in [-0.25, -0.2) is 4.79 Å². The summed E-state index contributed by atoms with van der Waals surface area (Å²) in [7, 11) is 0. The molecule has 0 aromatic heterocycles. The maximum absolute atomic E-state index is 12.6. The summed E-state index contributed by atoms with van der Waals surface area (Å²) < 4.78 is 60.1. The number of rotatable bonds is 11. The molecule has 26 atom stereocenters. The van der Waals surface area contributed by atoms with E-state index in [-0.39, 0.29) is 61.1 Å². The molecule has 8 fully saturated rings. The van der Waals surface area contributed by atoms with E-state index in [9.17, 15) is 50.4 Å². The molecular formula is C49H76O20. The summed E-state index contributed by atoms with van der Waals surface area (Å²) in [5.41, 5.74) is -1.01. The summed E-state index contributed by atoms with van der Waals surface area (Å²) in [6.07, 6.45) is -11.1. The van der Waals surface area contributed by atoms with Gasteiger partial charge in [0.15, 0.2) is 25.2 Å². The van der Waals surface area contributed by atoms with Crippen LogP contribution in [0.15, 0.2) is 11.6 Å². The Balaban J connectivity index is 0.752. The Morgan fingerprint density at radius 1 is 0.710 bits per heavy atom. The maximum Gasteiger partial charge on any atom is 0.331 e. The average molecular weight is 985 g/mol. The lowest BCUT2D eigenvalue weighted by molar-refractivity contribution is -0.355. The highest BCUT2D eigenvalue weighted by Gasteiger charge is 2.71. The second-order valence-corrected chi connectivity index (χ2v) is 22.2. The number of hydrogen-bond acceptors (Lipinski definition) is 20. The monoisotopic (exact) mass is 984 g/mol. The summed E-state index contributed by atoms with van der Waals surface area (Å²) in [6, 6.07) is 0. The topological polar surface area (TPSA) is 288 Å². The van der Waals surface area contributed by atoms with Gasteiger partial charge in [-0.15, -0.1) is 0 Å². The van der Waals surface area contributed by atoms with Crippen LogP contribution >= 0.6 is 0 Å². The predicted molar refractivity (Wildman–Crippen MR) is 235 cm³/mol. The summed E-state index contributed by atoms with van der Waals surface area (Å²) in [6.45, 7) is 10.3. The summed E-state index contributed by atoms with van der Waals surface area (Å²) in [4.78, 5) is 24.2. The SMILES string of the molecule is CC(=O)O[C@@H]1CC(O[C@@H]2C(C)OC(O[C@@H]3C(C)OC(OC4CCC5(C)C(CCC6C5CC(O)C5(C)C(C7=CC(=O)OC7)CCC65O)C4)C[C@H]3O)C[C@H]2O)OC(C)[C@H]1OC1OC(CO)[C@@H](O)[C@H](O)[C@@H]1O. The zero-order chi connectivity index (χ0) is 49.5. The first-order chi connectivity index (χ1) is 32.6. The molecule has 69 heavy (non-hydrogen) atoms. The molecule has 0 aromatic carbocycles. The standard InChI is InChI=1S/C49H76O20/c1-21-43(67-38-17-32(53)44(22(2)62-38)68-39-18-33(64-24(4)51)45(23(3)63-39)69-46-42(58)41(57)40(56)34(19-50)66-46)31(52)16-37(61-21)65-27-9-11-47(5)26(14-27)7-8-29-30(47)15-35(54)48(6)28(10-12-49(29,48)59)25-13-36(55)60-20-25/h13,21-23,26-35,37-46,50,52-54,56-59H,7-12,14-20H2,1-6H3/t21?,22?,23?,26?,27?,28?,29?,30?,31-,32-,33-,34?,35?,37?,38?,39?,40-,41+,42+,43-,44-,45-,46?,47?,48?,49?/m1/s1. The number of aliphatic hydroxyl groups excluding tert-OH is 7. The van der Waals surface area contributed by atoms with Gasteiger partial charge in [-0.3, -0.25) is 4.79 Å². The van der Waals surface area contributed by atoms with Crippen LogP contribution in [0, 0.1) is 34.5 Å². The minimum atomic E-state index is -1.69. The molecule has 9 aliphatic rings. The highest BCUT2D eigenvalue weighted by Crippen LogP contribution is 2.70. The van der Waals surface area contributed by atoms with Crippen molar-refractivity contribution in [2.75, 3.05) is 13.2 Å². The van der Waals surface area contributed by atoms with E-state index in [2.05, 4.69) is 6.92 Å². The van der Waals surface area contributed by atoms with Crippen LogP contribution in [-0.4, -0.2) is 188 Å². The van der Waals surface area contributed by atoms with Crippen molar-refractivity contribution in [2.45, 2.75) is 234 Å². The Hall–Kier alpha value is -1.96. The first kappa shape index (κ1) is 51.9. The van der Waals surface area contributed by atoms with Gasteiger partial charge in [-0.2, -0.15) is 0 Å². The third-order valence-electron chi connectivity index (χ3n) is 18.4. The van der Waals surface area contributed by atoms with Gasteiger partial charge in [0.2, 0.25) is 0 Å². The van der Waals surface area contributed by atoms with Crippen LogP contribution in [-0.2, 0) is 57.0 Å². The molecule has 4 saturated carbocycles. The molecule has 5 heterocycles. The molecule has 0 aromatic rings. The van der Waals surface area contributed by atoms with E-state index in [1.165, 1.54) is 6.92 Å². The molecule has 0 amide bonds. The fourth-order valence-electron chi connectivity index (χ4n) is 14.6. The van der Waals surface area contributed by atoms with Crippen LogP contribution in [0.3, 0.4) is 0 Å². The van der Waals surface area contributed by atoms with Crippen molar-refractivity contribution in [3.8, 4) is 0 Å². The zero-order valence-corrected chi connectivity index (χ0v) is 40.5. The maximum atomic E-state index is 12.6. The Morgan fingerprint density at radius 3 is 1.93 bits per heavy atom. The number of fused-ring (bicyclic) bond motifs is 5. The molecular weight excluding hydrogens is 909 g/mol. The molecule has 0 spiro atoms. The lowest BCUT2D eigenvalue weighted by atomic mass is 9.42. The van der Waals surface area contributed by atoms with E-state index in [1.54, 1.807) is 26.8 Å². The number of esters is 2. The Labute approximate surface area is 402 Å². The second kappa shape index (κ2) is 20.0. The van der Waals surface area contributed by atoms with Crippen molar-refractivity contribution in [3.05, 3.63) is 11.6 Å². The van der Waals surface area contributed by atoms with Gasteiger partial charge < -0.3 is 88.2 Å². The van der Waals surface area contributed by atoms with Crippen LogP contribution in [0.25, 0.3) is 0 Å². The molecule has 20 heteroatoms. The van der Waals surface area contributed by atoms with E-state index in [4.69, 9.17) is 47.4 Å². The van der Waals surface area contributed by atoms with Gasteiger partial charge in [-0.1, -0.05) is 13.8 Å². The normalized spacial score (nSPS) is 53.3. The van der Waals surface area contributed by atoms with Gasteiger partial charge in [0, 0.05) is 37.7 Å². The molecule has 4 aliphatic carbocycles. The predicted octanol–water partition coefficient (Wildman–Crippen LogP) is 0.613. The van der Waals surface area contributed by atoms with Crippen LogP contribution in [0.2, 0.25) is 0 Å². The van der Waals surface area contributed by atoms with Crippen molar-refractivity contribution in [1.82, 2.24) is 0 Å². The van der Waals surface area contributed by atoms with Gasteiger partial charge in [0.1, 0.15) is 55.4 Å². The third-order valence-corrected chi connectivity index (χ3v) is 18.4. The number of carbonyl (C=O) groups is 2. The number of ether oxygens (including phenoxy) is 10. The Morgan fingerprint density at radius 2 is 1.33 bits per heavy atom. The molecule has 5 aliphatic heterocycles. The second-order valence-electron chi connectivity index (χ2n) is 22.2. The van der Waals surface area contributed by atoms with Crippen LogP contribution in [0.1, 0.15) is 112 Å². The number of cyclic esters (lactones) is 1. The van der Waals surface area contributed by atoms with E-state index < -0.39 is 134 Å². The largest absolute Gasteiger partial charge is 0.459 e. The fraction of sp³-hybridized carbons (Fsp3) is 0.918. The van der Waals surface area contributed by atoms with Gasteiger partial charge in [0.25, 0.3) is 0 Å². The average Bonchev–Trinajstić information content (AvgIpc) is 3.84. The van der Waals surface area contributed by atoms with Gasteiger partial charge in [0.05, 0.1) is 54.9 Å². The molecule has 392 valence electrons. The number of hydrogen-bond donors (Lipinski definition) is 8. The van der Waals surface area contributed by atoms with Crippen LogP contribution in [0.4, 0.5) is 0 Å². The summed E-state index contributed by atoms with van der Waals surface area (Å²) in [5, 5.41) is 88.1. The van der Waals surface area contributed by atoms with Crippen molar-refractivity contribution in [3.63, 3.8) is 0 Å². The van der Waals surface area contributed by atoms with Crippen molar-refractivity contribution < 1.29 is 97.8 Å². The van der Waals surface area contributed by atoms with E-state index in [0.29, 0.717) is 25.2 Å². The molecule has 0 bridgehead atoms. The van der Waals surface area contributed by atoms with E-state index in [0.717, 1.165) is 37.7 Å². The highest BCUT2D eigenvalue weighted by molar-refractivity contribution is 5.85. The molecule has 8 N–H and O–H groups in total. The third kappa shape index (κ3) is 9.48. The first-order valence-electron chi connectivity index (χ1n) is 25.3. The van der Waals surface area contributed by atoms with Crippen molar-refractivity contribution in [1.29, 1.82) is 0 Å². The molecule has 17 unspecified atom stereocenters. The fourth-order valence-corrected chi connectivity index (χ4v) is 14.6. The first-order valence-corrected chi connectivity index (χ1v) is 25.3. The Kier molecular flexibility index (Phi) is 15.1. The van der Waals surface area contributed by atoms with Crippen molar-refractivity contribution in [2.24, 2.45) is 34.5 Å².